The summed E-state index contributed by atoms with van der Waals surface area (Å²) in [6.07, 6.45) is 2.18. The first-order valence-corrected chi connectivity index (χ1v) is 9.59. The molecule has 0 amide bonds. The van der Waals surface area contributed by atoms with Crippen molar-refractivity contribution >= 4 is 17.2 Å². The van der Waals surface area contributed by atoms with Crippen LogP contribution >= 0.6 is 0 Å². The average molecular weight is 361 g/mol. The van der Waals surface area contributed by atoms with Gasteiger partial charge in [0.1, 0.15) is 6.04 Å². The molecule has 0 saturated heterocycles. The molecule has 0 aromatic heterocycles. The fourth-order valence-corrected chi connectivity index (χ4v) is 4.78. The highest BCUT2D eigenvalue weighted by molar-refractivity contribution is 6.01. The number of nitrogens with zero attached hydrogens (tertiary/aromatic N) is 2. The van der Waals surface area contributed by atoms with E-state index in [0.29, 0.717) is 0 Å². The average Bonchev–Trinajstić information content (AvgIpc) is 2.84. The molecular weight excluding hydrogens is 332 g/mol. The third kappa shape index (κ3) is 2.37. The second kappa shape index (κ2) is 5.72. The number of likely N-dealkylation sites (N-methyl/N-ethyl adjacent to an activating group) is 2. The molecule has 1 unspecified atom stereocenters. The van der Waals surface area contributed by atoms with Gasteiger partial charge in [-0.2, -0.15) is 0 Å². The maximum atomic E-state index is 13.5. The topological polar surface area (TPSA) is 23.6 Å². The Bertz CT molecular complexity index is 954. The SMILES string of the molecule is CN1/C(=C/C2C(=O)C(C)(C)c3ccccc3N2C)C(C)(C)c2ccccc21. The lowest BCUT2D eigenvalue weighted by Gasteiger charge is -2.42. The van der Waals surface area contributed by atoms with Gasteiger partial charge in [0.05, 0.1) is 5.41 Å². The molecule has 4 rings (SSSR count). The fourth-order valence-electron chi connectivity index (χ4n) is 4.78. The standard InChI is InChI=1S/C24H28N2O/c1-23(2)16-11-7-10-14-19(16)26(6)21(23)15-20-22(27)24(3,4)17-12-8-9-13-18(17)25(20)5/h7-15,20H,1-6H3/b21-15+. The quantitative estimate of drug-likeness (QED) is 0.739. The van der Waals surface area contributed by atoms with E-state index in [1.165, 1.54) is 16.9 Å². The van der Waals surface area contributed by atoms with E-state index in [-0.39, 0.29) is 17.2 Å². The van der Waals surface area contributed by atoms with Crippen molar-refractivity contribution in [3.63, 3.8) is 0 Å². The molecule has 2 aliphatic rings. The molecule has 1 atom stereocenters. The lowest BCUT2D eigenvalue weighted by molar-refractivity contribution is -0.124. The number of benzene rings is 2. The molecule has 2 aliphatic heterocycles. The zero-order valence-electron chi connectivity index (χ0n) is 17.1. The molecule has 0 aliphatic carbocycles. The minimum atomic E-state index is -0.501. The highest BCUT2D eigenvalue weighted by Gasteiger charge is 2.45. The summed E-state index contributed by atoms with van der Waals surface area (Å²) in [4.78, 5) is 17.9. The summed E-state index contributed by atoms with van der Waals surface area (Å²) in [6.45, 7) is 8.58. The summed E-state index contributed by atoms with van der Waals surface area (Å²) in [5.74, 6) is 0.247. The van der Waals surface area contributed by atoms with E-state index in [2.05, 4.69) is 73.2 Å². The van der Waals surface area contributed by atoms with Gasteiger partial charge in [-0.3, -0.25) is 4.79 Å². The molecule has 2 aromatic rings. The van der Waals surface area contributed by atoms with Crippen LogP contribution in [0.5, 0.6) is 0 Å². The zero-order chi connectivity index (χ0) is 19.6. The van der Waals surface area contributed by atoms with Gasteiger partial charge < -0.3 is 9.80 Å². The van der Waals surface area contributed by atoms with Crippen molar-refractivity contribution < 1.29 is 4.79 Å². The molecule has 0 bridgehead atoms. The van der Waals surface area contributed by atoms with Gasteiger partial charge in [-0.05, 0) is 43.2 Å². The molecular formula is C24H28N2O. The number of fused-ring (bicyclic) bond motifs is 2. The van der Waals surface area contributed by atoms with Crippen LogP contribution in [0.1, 0.15) is 38.8 Å². The van der Waals surface area contributed by atoms with Crippen LogP contribution in [0.2, 0.25) is 0 Å². The largest absolute Gasteiger partial charge is 0.361 e. The van der Waals surface area contributed by atoms with Crippen LogP contribution in [0.15, 0.2) is 60.3 Å². The Kier molecular flexibility index (Phi) is 3.78. The van der Waals surface area contributed by atoms with E-state index < -0.39 is 5.41 Å². The Hall–Kier alpha value is -2.55. The minimum Gasteiger partial charge on any atom is -0.361 e. The summed E-state index contributed by atoms with van der Waals surface area (Å²) >= 11 is 0. The molecule has 2 aromatic carbocycles. The molecule has 0 spiro atoms. The van der Waals surface area contributed by atoms with Gasteiger partial charge in [0.15, 0.2) is 5.78 Å². The van der Waals surface area contributed by atoms with Gasteiger partial charge >= 0.3 is 0 Å². The first-order chi connectivity index (χ1) is 12.7. The second-order valence-electron chi connectivity index (χ2n) is 8.82. The summed E-state index contributed by atoms with van der Waals surface area (Å²) in [5.41, 5.74) is 5.33. The lowest BCUT2D eigenvalue weighted by Crippen LogP contribution is -2.51. The van der Waals surface area contributed by atoms with Gasteiger partial charge in [0.25, 0.3) is 0 Å². The predicted molar refractivity (Wildman–Crippen MR) is 113 cm³/mol. The summed E-state index contributed by atoms with van der Waals surface area (Å²) < 4.78 is 0. The maximum absolute atomic E-state index is 13.5. The Balaban J connectivity index is 1.84. The highest BCUT2D eigenvalue weighted by Crippen LogP contribution is 2.48. The van der Waals surface area contributed by atoms with E-state index in [0.717, 1.165) is 11.3 Å². The third-order valence-electron chi connectivity index (χ3n) is 6.52. The summed E-state index contributed by atoms with van der Waals surface area (Å²) in [6, 6.07) is 16.5. The van der Waals surface area contributed by atoms with Gasteiger partial charge in [0, 0.05) is 36.6 Å². The molecule has 0 fully saturated rings. The molecule has 27 heavy (non-hydrogen) atoms. The monoisotopic (exact) mass is 360 g/mol. The van der Waals surface area contributed by atoms with Crippen LogP contribution < -0.4 is 9.80 Å². The summed E-state index contributed by atoms with van der Waals surface area (Å²) in [5, 5.41) is 0. The van der Waals surface area contributed by atoms with Gasteiger partial charge in [-0.1, -0.05) is 50.2 Å². The molecule has 0 saturated carbocycles. The Morgan fingerprint density at radius 2 is 1.33 bits per heavy atom. The number of carbonyl (C=O) groups is 1. The highest BCUT2D eigenvalue weighted by atomic mass is 16.1. The Morgan fingerprint density at radius 3 is 1.93 bits per heavy atom. The van der Waals surface area contributed by atoms with Crippen LogP contribution in [0.3, 0.4) is 0 Å². The minimum absolute atomic E-state index is 0.131. The molecule has 3 nitrogen and oxygen atoms in total. The van der Waals surface area contributed by atoms with E-state index in [4.69, 9.17) is 0 Å². The fraction of sp³-hybridized carbons (Fsp3) is 0.375. The van der Waals surface area contributed by atoms with E-state index in [1.54, 1.807) is 0 Å². The van der Waals surface area contributed by atoms with Gasteiger partial charge in [0.2, 0.25) is 0 Å². The van der Waals surface area contributed by atoms with Crippen molar-refractivity contribution in [3.05, 3.63) is 71.4 Å². The van der Waals surface area contributed by atoms with Crippen molar-refractivity contribution in [2.75, 3.05) is 23.9 Å². The number of allylic oxidation sites excluding steroid dienone is 1. The smallest absolute Gasteiger partial charge is 0.169 e. The number of para-hydroxylation sites is 2. The molecule has 0 N–H and O–H groups in total. The molecule has 140 valence electrons. The molecule has 2 heterocycles. The van der Waals surface area contributed by atoms with Crippen molar-refractivity contribution in [2.45, 2.75) is 44.6 Å². The number of hydrogen-bond acceptors (Lipinski definition) is 3. The van der Waals surface area contributed by atoms with Crippen molar-refractivity contribution in [1.29, 1.82) is 0 Å². The predicted octanol–water partition coefficient (Wildman–Crippen LogP) is 4.66. The van der Waals surface area contributed by atoms with E-state index in [1.807, 2.05) is 33.0 Å². The van der Waals surface area contributed by atoms with Crippen LogP contribution in [-0.2, 0) is 15.6 Å². The second-order valence-corrected chi connectivity index (χ2v) is 8.82. The van der Waals surface area contributed by atoms with Crippen molar-refractivity contribution in [3.8, 4) is 0 Å². The molecule has 3 heteroatoms. The molecule has 0 radical (unpaired) electrons. The van der Waals surface area contributed by atoms with Crippen LogP contribution in [0, 0.1) is 0 Å². The number of ketones is 1. The van der Waals surface area contributed by atoms with E-state index >= 15 is 0 Å². The van der Waals surface area contributed by atoms with Crippen molar-refractivity contribution in [1.82, 2.24) is 0 Å². The zero-order valence-corrected chi connectivity index (χ0v) is 17.1. The van der Waals surface area contributed by atoms with Crippen molar-refractivity contribution in [2.24, 2.45) is 0 Å². The first-order valence-electron chi connectivity index (χ1n) is 9.59. The van der Waals surface area contributed by atoms with Crippen LogP contribution in [-0.4, -0.2) is 25.9 Å². The maximum Gasteiger partial charge on any atom is 0.169 e. The Morgan fingerprint density at radius 1 is 0.815 bits per heavy atom. The number of carbonyl (C=O) groups excluding carboxylic acids is 1. The summed E-state index contributed by atoms with van der Waals surface area (Å²) in [7, 11) is 4.13. The normalized spacial score (nSPS) is 24.1. The van der Waals surface area contributed by atoms with Gasteiger partial charge in [-0.15, -0.1) is 0 Å². The lowest BCUT2D eigenvalue weighted by atomic mass is 9.72. The van der Waals surface area contributed by atoms with Crippen LogP contribution in [0.25, 0.3) is 0 Å². The number of hydrogen-bond donors (Lipinski definition) is 0. The first kappa shape index (κ1) is 17.8. The number of Topliss-reactive ketones (excluding diaryl/α,β-unsaturated/α-hetero) is 1. The van der Waals surface area contributed by atoms with Gasteiger partial charge in [-0.25, -0.2) is 0 Å². The van der Waals surface area contributed by atoms with E-state index in [9.17, 15) is 4.79 Å². The number of anilines is 2. The Labute approximate surface area is 162 Å². The number of rotatable bonds is 1. The third-order valence-corrected chi connectivity index (χ3v) is 6.52. The van der Waals surface area contributed by atoms with Crippen LogP contribution in [0.4, 0.5) is 11.4 Å².